The third kappa shape index (κ3) is 5.76. The molecular weight excluding hydrogens is 552 g/mol. The highest BCUT2D eigenvalue weighted by molar-refractivity contribution is 7.84. The Hall–Kier alpha value is -2.45. The van der Waals surface area contributed by atoms with Crippen LogP contribution in [0.25, 0.3) is 0 Å². The summed E-state index contributed by atoms with van der Waals surface area (Å²) in [5.74, 6) is -0.306. The van der Waals surface area contributed by atoms with E-state index in [9.17, 15) is 18.3 Å². The molecule has 0 amide bonds. The van der Waals surface area contributed by atoms with E-state index in [0.29, 0.717) is 47.3 Å². The number of benzene rings is 1. The number of rotatable bonds is 9. The molecule has 4 atom stereocenters. The Balaban J connectivity index is 1.35. The van der Waals surface area contributed by atoms with Crippen LogP contribution in [0.5, 0.6) is 0 Å². The topological polar surface area (TPSA) is 154 Å². The second-order valence-corrected chi connectivity index (χ2v) is 12.2. The van der Waals surface area contributed by atoms with Gasteiger partial charge in [-0.3, -0.25) is 8.98 Å². The number of nitrogens with one attached hydrogen (secondary N) is 1. The van der Waals surface area contributed by atoms with Crippen LogP contribution in [0.1, 0.15) is 45.6 Å². The summed E-state index contributed by atoms with van der Waals surface area (Å²) < 4.78 is 32.7. The molecule has 3 aromatic rings. The molecule has 2 aromatic heterocycles. The molecule has 10 nitrogen and oxygen atoms in total. The zero-order valence-corrected chi connectivity index (χ0v) is 22.6. The molecule has 0 spiro atoms. The van der Waals surface area contributed by atoms with E-state index in [1.54, 1.807) is 0 Å². The minimum atomic E-state index is -4.10. The van der Waals surface area contributed by atoms with E-state index in [1.807, 2.05) is 35.7 Å². The molecule has 1 aromatic carbocycles. The van der Waals surface area contributed by atoms with Gasteiger partial charge in [-0.05, 0) is 54.0 Å². The van der Waals surface area contributed by atoms with Gasteiger partial charge in [-0.1, -0.05) is 23.7 Å². The SMILES string of the molecule is NS(=O)(=O)OC[C@H]1C[C@@H](Nc2ncncc2C(=O)c2cc(C3(c4cccc(Cl)c4)CCOC3)cs2)C[C@@H]1O. The summed E-state index contributed by atoms with van der Waals surface area (Å²) in [7, 11) is -4.10. The lowest BCUT2D eigenvalue weighted by atomic mass is 9.75. The number of aliphatic hydroxyl groups excluding tert-OH is 1. The van der Waals surface area contributed by atoms with Crippen molar-refractivity contribution in [1.29, 1.82) is 0 Å². The van der Waals surface area contributed by atoms with E-state index in [2.05, 4.69) is 19.5 Å². The first-order valence-corrected chi connectivity index (χ1v) is 14.8. The van der Waals surface area contributed by atoms with E-state index in [1.165, 1.54) is 23.9 Å². The number of thiophene rings is 1. The van der Waals surface area contributed by atoms with Gasteiger partial charge in [-0.15, -0.1) is 11.3 Å². The van der Waals surface area contributed by atoms with Crippen LogP contribution < -0.4 is 10.5 Å². The highest BCUT2D eigenvalue weighted by Crippen LogP contribution is 2.42. The zero-order valence-electron chi connectivity index (χ0n) is 20.2. The zero-order chi connectivity index (χ0) is 26.9. The fraction of sp³-hybridized carbons (Fsp3) is 0.400. The van der Waals surface area contributed by atoms with Crippen LogP contribution in [0.3, 0.4) is 0 Å². The molecule has 3 heterocycles. The number of halogens is 1. The van der Waals surface area contributed by atoms with Crippen molar-refractivity contribution in [3.63, 3.8) is 0 Å². The van der Waals surface area contributed by atoms with Crippen molar-refractivity contribution in [2.75, 3.05) is 25.1 Å². The molecule has 1 unspecified atom stereocenters. The number of nitrogens with two attached hydrogens (primary N) is 1. The van der Waals surface area contributed by atoms with Gasteiger partial charge in [-0.25, -0.2) is 15.1 Å². The number of ether oxygens (including phenoxy) is 1. The third-order valence-electron chi connectivity index (χ3n) is 7.18. The molecule has 1 saturated carbocycles. The van der Waals surface area contributed by atoms with Crippen LogP contribution in [0, 0.1) is 5.92 Å². The minimum absolute atomic E-state index is 0.218. The standard InChI is InChI=1S/C25H27ClN4O6S2/c26-18-3-1-2-16(7-18)25(4-5-35-13-25)17-8-22(37-12-17)23(32)20-10-28-14-29-24(20)30-19-6-15(21(31)9-19)11-36-38(27,33)34/h1-3,7-8,10,12,14-15,19,21,31H,4-6,9,11,13H2,(H2,27,33,34)(H,28,29,30)/t15-,19-,21+,25?/m1/s1. The number of nitrogens with zero attached hydrogens (tertiary/aromatic N) is 2. The van der Waals surface area contributed by atoms with E-state index in [0.717, 1.165) is 17.5 Å². The van der Waals surface area contributed by atoms with E-state index >= 15 is 0 Å². The summed E-state index contributed by atoms with van der Waals surface area (Å²) in [5.41, 5.74) is 1.96. The van der Waals surface area contributed by atoms with E-state index in [4.69, 9.17) is 21.5 Å². The molecule has 2 aliphatic rings. The molecule has 5 rings (SSSR count). The van der Waals surface area contributed by atoms with Crippen LogP contribution in [0.15, 0.2) is 48.2 Å². The van der Waals surface area contributed by atoms with Crippen LogP contribution >= 0.6 is 22.9 Å². The van der Waals surface area contributed by atoms with Crippen LogP contribution in [-0.4, -0.2) is 61.2 Å². The molecule has 2 fully saturated rings. The maximum atomic E-state index is 13.6. The quantitative estimate of drug-likeness (QED) is 0.325. The maximum absolute atomic E-state index is 13.6. The van der Waals surface area contributed by atoms with Crippen LogP contribution in [0.4, 0.5) is 5.82 Å². The Kier molecular flexibility index (Phi) is 7.83. The number of hydrogen-bond acceptors (Lipinski definition) is 10. The van der Waals surface area contributed by atoms with Gasteiger partial charge in [0.05, 0.1) is 29.8 Å². The van der Waals surface area contributed by atoms with Gasteiger partial charge >= 0.3 is 10.3 Å². The molecular formula is C25H27ClN4O6S2. The van der Waals surface area contributed by atoms with Crippen LogP contribution in [0.2, 0.25) is 5.02 Å². The minimum Gasteiger partial charge on any atom is -0.393 e. The summed E-state index contributed by atoms with van der Waals surface area (Å²) in [5, 5.41) is 21.1. The van der Waals surface area contributed by atoms with Crippen molar-refractivity contribution in [1.82, 2.24) is 9.97 Å². The number of aromatic nitrogens is 2. The summed E-state index contributed by atoms with van der Waals surface area (Å²) in [6.07, 6.45) is 3.55. The Morgan fingerprint density at radius 2 is 2.16 bits per heavy atom. The molecule has 1 saturated heterocycles. The van der Waals surface area contributed by atoms with E-state index in [-0.39, 0.29) is 23.8 Å². The Morgan fingerprint density at radius 3 is 2.89 bits per heavy atom. The second-order valence-electron chi connectivity index (χ2n) is 9.63. The Bertz CT molecular complexity index is 1430. The number of ketones is 1. The first-order valence-electron chi connectivity index (χ1n) is 12.0. The van der Waals surface area contributed by atoms with Crippen molar-refractivity contribution >= 4 is 44.8 Å². The fourth-order valence-electron chi connectivity index (χ4n) is 5.20. The normalized spacial score (nSPS) is 25.5. The van der Waals surface area contributed by atoms with Gasteiger partial charge in [0.1, 0.15) is 12.1 Å². The monoisotopic (exact) mass is 578 g/mol. The average Bonchev–Trinajstić information content (AvgIpc) is 3.63. The summed E-state index contributed by atoms with van der Waals surface area (Å²) >= 11 is 7.63. The van der Waals surface area contributed by atoms with Crippen molar-refractivity contribution in [2.45, 2.75) is 36.8 Å². The van der Waals surface area contributed by atoms with Crippen LogP contribution in [-0.2, 0) is 24.6 Å². The van der Waals surface area contributed by atoms with E-state index < -0.39 is 22.3 Å². The molecule has 202 valence electrons. The summed E-state index contributed by atoms with van der Waals surface area (Å²) in [6, 6.07) is 9.38. The molecule has 0 radical (unpaired) electrons. The lowest BCUT2D eigenvalue weighted by molar-refractivity contribution is 0.101. The predicted octanol–water partition coefficient (Wildman–Crippen LogP) is 2.90. The summed E-state index contributed by atoms with van der Waals surface area (Å²) in [6.45, 7) is 0.895. The van der Waals surface area contributed by atoms with Gasteiger partial charge in [0.25, 0.3) is 0 Å². The molecule has 1 aliphatic heterocycles. The lowest BCUT2D eigenvalue weighted by Crippen LogP contribution is -2.27. The van der Waals surface area contributed by atoms with Gasteiger partial charge in [0, 0.05) is 35.2 Å². The lowest BCUT2D eigenvalue weighted by Gasteiger charge is -2.27. The van der Waals surface area contributed by atoms with Gasteiger partial charge < -0.3 is 15.2 Å². The number of hydrogen-bond donors (Lipinski definition) is 3. The maximum Gasteiger partial charge on any atom is 0.333 e. The number of anilines is 1. The van der Waals surface area contributed by atoms with Crippen molar-refractivity contribution < 1.29 is 27.2 Å². The molecule has 13 heteroatoms. The largest absolute Gasteiger partial charge is 0.393 e. The number of carbonyl (C=O) groups excluding carboxylic acids is 1. The Morgan fingerprint density at radius 1 is 1.32 bits per heavy atom. The molecule has 38 heavy (non-hydrogen) atoms. The third-order valence-corrected chi connectivity index (χ3v) is 8.80. The highest BCUT2D eigenvalue weighted by atomic mass is 35.5. The van der Waals surface area contributed by atoms with Gasteiger partial charge in [0.15, 0.2) is 0 Å². The smallest absolute Gasteiger partial charge is 0.333 e. The van der Waals surface area contributed by atoms with Gasteiger partial charge in [0.2, 0.25) is 5.78 Å². The second kappa shape index (κ2) is 11.0. The Labute approximate surface area is 229 Å². The van der Waals surface area contributed by atoms with Crippen molar-refractivity contribution in [3.8, 4) is 0 Å². The average molecular weight is 579 g/mol. The number of carbonyl (C=O) groups is 1. The number of aliphatic hydroxyl groups is 1. The highest BCUT2D eigenvalue weighted by Gasteiger charge is 2.40. The first-order chi connectivity index (χ1) is 18.1. The van der Waals surface area contributed by atoms with Gasteiger partial charge in [-0.2, -0.15) is 8.42 Å². The molecule has 1 aliphatic carbocycles. The first kappa shape index (κ1) is 27.1. The van der Waals surface area contributed by atoms with Crippen molar-refractivity contribution in [2.24, 2.45) is 11.1 Å². The molecule has 4 N–H and O–H groups in total. The molecule has 0 bridgehead atoms. The predicted molar refractivity (Wildman–Crippen MR) is 143 cm³/mol. The van der Waals surface area contributed by atoms with Crippen molar-refractivity contribution in [3.05, 3.63) is 74.8 Å². The fourth-order valence-corrected chi connectivity index (χ4v) is 6.71. The summed E-state index contributed by atoms with van der Waals surface area (Å²) in [4.78, 5) is 22.5.